The van der Waals surface area contributed by atoms with Gasteiger partial charge in [0.15, 0.2) is 0 Å². The Morgan fingerprint density at radius 1 is 1.53 bits per heavy atom. The SMILES string of the molecule is C=CC(O)c1ccc(Br)c(NC(=O)OC(C)(C)C)c1. The lowest BCUT2D eigenvalue weighted by atomic mass is 10.1. The fourth-order valence-corrected chi connectivity index (χ4v) is 1.72. The van der Waals surface area contributed by atoms with E-state index in [1.54, 1.807) is 39.0 Å². The van der Waals surface area contributed by atoms with Crippen LogP contribution in [0.2, 0.25) is 0 Å². The van der Waals surface area contributed by atoms with Crippen molar-refractivity contribution in [2.45, 2.75) is 32.5 Å². The highest BCUT2D eigenvalue weighted by atomic mass is 79.9. The lowest BCUT2D eigenvalue weighted by Crippen LogP contribution is -2.27. The van der Waals surface area contributed by atoms with Gasteiger partial charge in [0.1, 0.15) is 5.60 Å². The Hall–Kier alpha value is -1.33. The van der Waals surface area contributed by atoms with Gasteiger partial charge in [-0.3, -0.25) is 5.32 Å². The number of anilines is 1. The molecule has 0 radical (unpaired) electrons. The first-order chi connectivity index (χ1) is 8.73. The summed E-state index contributed by atoms with van der Waals surface area (Å²) in [5, 5.41) is 12.3. The largest absolute Gasteiger partial charge is 0.444 e. The van der Waals surface area contributed by atoms with E-state index in [2.05, 4.69) is 27.8 Å². The van der Waals surface area contributed by atoms with Crippen molar-refractivity contribution in [2.75, 3.05) is 5.32 Å². The lowest BCUT2D eigenvalue weighted by Gasteiger charge is -2.20. The number of benzene rings is 1. The molecule has 0 aliphatic heterocycles. The number of carbonyl (C=O) groups excluding carboxylic acids is 1. The Kier molecular flexibility index (Phi) is 5.14. The molecule has 2 N–H and O–H groups in total. The summed E-state index contributed by atoms with van der Waals surface area (Å²) in [6, 6.07) is 5.16. The van der Waals surface area contributed by atoms with Gasteiger partial charge in [-0.15, -0.1) is 6.58 Å². The number of carbonyl (C=O) groups is 1. The van der Waals surface area contributed by atoms with Crippen LogP contribution in [0.3, 0.4) is 0 Å². The minimum absolute atomic E-state index is 0.535. The average molecular weight is 328 g/mol. The minimum atomic E-state index is -0.771. The number of hydrogen-bond acceptors (Lipinski definition) is 3. The molecule has 1 aromatic carbocycles. The van der Waals surface area contributed by atoms with Crippen LogP contribution in [0.25, 0.3) is 0 Å². The molecule has 0 heterocycles. The molecule has 0 fully saturated rings. The fourth-order valence-electron chi connectivity index (χ4n) is 1.37. The van der Waals surface area contributed by atoms with Gasteiger partial charge in [0.05, 0.1) is 11.8 Å². The zero-order valence-electron chi connectivity index (χ0n) is 11.2. The van der Waals surface area contributed by atoms with E-state index in [-0.39, 0.29) is 0 Å². The molecule has 0 aliphatic rings. The van der Waals surface area contributed by atoms with Gasteiger partial charge in [-0.05, 0) is 54.4 Å². The molecule has 5 heteroatoms. The van der Waals surface area contributed by atoms with E-state index in [0.29, 0.717) is 15.7 Å². The van der Waals surface area contributed by atoms with Crippen molar-refractivity contribution in [1.29, 1.82) is 0 Å². The van der Waals surface area contributed by atoms with Crippen LogP contribution in [0, 0.1) is 0 Å². The fraction of sp³-hybridized carbons (Fsp3) is 0.357. The molecule has 1 rings (SSSR count). The summed E-state index contributed by atoms with van der Waals surface area (Å²) in [7, 11) is 0. The van der Waals surface area contributed by atoms with Crippen LogP contribution in [0.4, 0.5) is 10.5 Å². The third kappa shape index (κ3) is 5.04. The summed E-state index contributed by atoms with van der Waals surface area (Å²) in [5.74, 6) is 0. The van der Waals surface area contributed by atoms with Crippen molar-refractivity contribution in [3.8, 4) is 0 Å². The normalized spacial score (nSPS) is 12.7. The standard InChI is InChI=1S/C14H18BrNO3/c1-5-12(17)9-6-7-10(15)11(8-9)16-13(18)19-14(2,3)4/h5-8,12,17H,1H2,2-4H3,(H,16,18). The molecule has 1 amide bonds. The zero-order valence-corrected chi connectivity index (χ0v) is 12.8. The van der Waals surface area contributed by atoms with Crippen LogP contribution in [0.5, 0.6) is 0 Å². The predicted octanol–water partition coefficient (Wildman–Crippen LogP) is 4.02. The molecular formula is C14H18BrNO3. The van der Waals surface area contributed by atoms with Gasteiger partial charge in [0.25, 0.3) is 0 Å². The van der Waals surface area contributed by atoms with Gasteiger partial charge in [0, 0.05) is 4.47 Å². The molecular weight excluding hydrogens is 310 g/mol. The number of rotatable bonds is 3. The Balaban J connectivity index is 2.88. The van der Waals surface area contributed by atoms with Crippen molar-refractivity contribution in [2.24, 2.45) is 0 Å². The van der Waals surface area contributed by atoms with E-state index in [1.165, 1.54) is 6.08 Å². The second kappa shape index (κ2) is 6.21. The molecule has 19 heavy (non-hydrogen) atoms. The maximum Gasteiger partial charge on any atom is 0.412 e. The number of amides is 1. The molecule has 104 valence electrons. The molecule has 0 aliphatic carbocycles. The smallest absolute Gasteiger partial charge is 0.412 e. The molecule has 4 nitrogen and oxygen atoms in total. The summed E-state index contributed by atoms with van der Waals surface area (Å²) in [6.45, 7) is 8.90. The van der Waals surface area contributed by atoms with Crippen molar-refractivity contribution in [1.82, 2.24) is 0 Å². The van der Waals surface area contributed by atoms with Gasteiger partial charge in [-0.1, -0.05) is 12.1 Å². The maximum atomic E-state index is 11.7. The number of aliphatic hydroxyl groups excluding tert-OH is 1. The molecule has 0 saturated carbocycles. The first kappa shape index (κ1) is 15.7. The van der Waals surface area contributed by atoms with E-state index < -0.39 is 17.8 Å². The van der Waals surface area contributed by atoms with E-state index in [4.69, 9.17) is 4.74 Å². The second-order valence-electron chi connectivity index (χ2n) is 5.05. The van der Waals surface area contributed by atoms with Crippen molar-refractivity contribution >= 4 is 27.7 Å². The van der Waals surface area contributed by atoms with Gasteiger partial charge in [-0.2, -0.15) is 0 Å². The number of ether oxygens (including phenoxy) is 1. The summed E-state index contributed by atoms with van der Waals surface area (Å²) >= 11 is 3.33. The Labute approximate surface area is 121 Å². The van der Waals surface area contributed by atoms with Crippen LogP contribution in [-0.2, 0) is 4.74 Å². The molecule has 0 saturated heterocycles. The number of nitrogens with one attached hydrogen (secondary N) is 1. The number of halogens is 1. The Morgan fingerprint density at radius 2 is 2.16 bits per heavy atom. The van der Waals surface area contributed by atoms with Gasteiger partial charge < -0.3 is 9.84 Å². The van der Waals surface area contributed by atoms with Crippen molar-refractivity contribution in [3.63, 3.8) is 0 Å². The predicted molar refractivity (Wildman–Crippen MR) is 79.2 cm³/mol. The molecule has 1 unspecified atom stereocenters. The van der Waals surface area contributed by atoms with Crippen molar-refractivity contribution in [3.05, 3.63) is 40.9 Å². The summed E-state index contributed by atoms with van der Waals surface area (Å²) in [5.41, 5.74) is 0.617. The molecule has 0 bridgehead atoms. The lowest BCUT2D eigenvalue weighted by molar-refractivity contribution is 0.0635. The third-order valence-electron chi connectivity index (χ3n) is 2.19. The van der Waals surface area contributed by atoms with E-state index >= 15 is 0 Å². The summed E-state index contributed by atoms with van der Waals surface area (Å²) in [4.78, 5) is 11.7. The molecule has 0 spiro atoms. The van der Waals surface area contributed by atoms with Crippen LogP contribution >= 0.6 is 15.9 Å². The Morgan fingerprint density at radius 3 is 2.68 bits per heavy atom. The van der Waals surface area contributed by atoms with Crippen LogP contribution in [0.15, 0.2) is 35.3 Å². The van der Waals surface area contributed by atoms with Gasteiger partial charge >= 0.3 is 6.09 Å². The molecule has 1 atom stereocenters. The summed E-state index contributed by atoms with van der Waals surface area (Å²) in [6.07, 6.45) is 0.103. The maximum absolute atomic E-state index is 11.7. The first-order valence-electron chi connectivity index (χ1n) is 5.83. The molecule has 1 aromatic rings. The Bertz CT molecular complexity index is 480. The number of hydrogen-bond donors (Lipinski definition) is 2. The van der Waals surface area contributed by atoms with E-state index in [9.17, 15) is 9.90 Å². The third-order valence-corrected chi connectivity index (χ3v) is 2.88. The second-order valence-corrected chi connectivity index (χ2v) is 5.90. The van der Waals surface area contributed by atoms with Gasteiger partial charge in [-0.25, -0.2) is 4.79 Å². The quantitative estimate of drug-likeness (QED) is 0.824. The summed E-state index contributed by atoms with van der Waals surface area (Å²) < 4.78 is 5.88. The van der Waals surface area contributed by atoms with Crippen molar-refractivity contribution < 1.29 is 14.6 Å². The zero-order chi connectivity index (χ0) is 14.6. The van der Waals surface area contributed by atoms with E-state index in [0.717, 1.165) is 0 Å². The highest BCUT2D eigenvalue weighted by Gasteiger charge is 2.17. The minimum Gasteiger partial charge on any atom is -0.444 e. The highest BCUT2D eigenvalue weighted by Crippen LogP contribution is 2.27. The van der Waals surface area contributed by atoms with Crippen LogP contribution in [-0.4, -0.2) is 16.8 Å². The highest BCUT2D eigenvalue weighted by molar-refractivity contribution is 9.10. The van der Waals surface area contributed by atoms with Crippen LogP contribution < -0.4 is 5.32 Å². The van der Waals surface area contributed by atoms with E-state index in [1.807, 2.05) is 0 Å². The topological polar surface area (TPSA) is 58.6 Å². The number of aliphatic hydroxyl groups is 1. The monoisotopic (exact) mass is 327 g/mol. The molecule has 0 aromatic heterocycles. The first-order valence-corrected chi connectivity index (χ1v) is 6.62. The van der Waals surface area contributed by atoms with Crippen LogP contribution in [0.1, 0.15) is 32.4 Å². The average Bonchev–Trinajstić information content (AvgIpc) is 2.28. The van der Waals surface area contributed by atoms with Gasteiger partial charge in [0.2, 0.25) is 0 Å².